The van der Waals surface area contributed by atoms with Crippen molar-refractivity contribution >= 4 is 28.9 Å². The first kappa shape index (κ1) is 13.2. The van der Waals surface area contributed by atoms with Crippen molar-refractivity contribution in [3.63, 3.8) is 0 Å². The molecule has 2 N–H and O–H groups in total. The van der Waals surface area contributed by atoms with Gasteiger partial charge in [-0.25, -0.2) is 0 Å². The maximum atomic E-state index is 5.89. The molecule has 0 aromatic heterocycles. The number of rotatable bonds is 4. The molecule has 0 heterocycles. The monoisotopic (exact) mass is 281 g/mol. The fourth-order valence-corrected chi connectivity index (χ4v) is 2.00. The van der Waals surface area contributed by atoms with Crippen molar-refractivity contribution in [1.29, 1.82) is 0 Å². The van der Waals surface area contributed by atoms with Gasteiger partial charge in [0.15, 0.2) is 0 Å². The van der Waals surface area contributed by atoms with E-state index < -0.39 is 0 Å². The van der Waals surface area contributed by atoms with Crippen LogP contribution in [0.2, 0.25) is 10.0 Å². The Morgan fingerprint density at radius 3 is 2.44 bits per heavy atom. The van der Waals surface area contributed by atoms with Crippen LogP contribution in [0.15, 0.2) is 42.5 Å². The minimum absolute atomic E-state index is 0.454. The minimum Gasteiger partial charge on any atom is -0.398 e. The van der Waals surface area contributed by atoms with Crippen LogP contribution >= 0.6 is 23.2 Å². The summed E-state index contributed by atoms with van der Waals surface area (Å²) in [6.07, 6.45) is 0. The van der Waals surface area contributed by atoms with E-state index in [-0.39, 0.29) is 0 Å². The molecule has 0 radical (unpaired) electrons. The summed E-state index contributed by atoms with van der Waals surface area (Å²) in [4.78, 5) is 0. The lowest BCUT2D eigenvalue weighted by atomic mass is 10.2. The molecule has 0 unspecified atom stereocenters. The quantitative estimate of drug-likeness (QED) is 0.849. The second-order valence-electron chi connectivity index (χ2n) is 3.97. The van der Waals surface area contributed by atoms with Crippen LogP contribution < -0.4 is 5.73 Å². The van der Waals surface area contributed by atoms with Gasteiger partial charge in [-0.15, -0.1) is 0 Å². The molecule has 0 bridgehead atoms. The maximum Gasteiger partial charge on any atom is 0.0741 e. The van der Waals surface area contributed by atoms with Gasteiger partial charge in [-0.1, -0.05) is 41.4 Å². The van der Waals surface area contributed by atoms with Crippen molar-refractivity contribution < 1.29 is 4.74 Å². The smallest absolute Gasteiger partial charge is 0.0741 e. The molecular weight excluding hydrogens is 269 g/mol. The van der Waals surface area contributed by atoms with E-state index in [1.165, 1.54) is 0 Å². The van der Waals surface area contributed by atoms with Crippen molar-refractivity contribution in [2.75, 3.05) is 5.73 Å². The highest BCUT2D eigenvalue weighted by molar-refractivity contribution is 6.31. The molecular formula is C14H13Cl2NO. The molecule has 2 rings (SSSR count). The Morgan fingerprint density at radius 1 is 0.944 bits per heavy atom. The predicted octanol–water partition coefficient (Wildman–Crippen LogP) is 4.29. The lowest BCUT2D eigenvalue weighted by Gasteiger charge is -2.07. The van der Waals surface area contributed by atoms with E-state index in [1.54, 1.807) is 12.1 Å². The van der Waals surface area contributed by atoms with E-state index in [9.17, 15) is 0 Å². The molecule has 0 atom stereocenters. The Bertz CT molecular complexity index is 543. The molecule has 18 heavy (non-hydrogen) atoms. The summed E-state index contributed by atoms with van der Waals surface area (Å²) in [7, 11) is 0. The third kappa shape index (κ3) is 3.64. The summed E-state index contributed by atoms with van der Waals surface area (Å²) in [6.45, 7) is 0.956. The number of benzene rings is 2. The predicted molar refractivity (Wildman–Crippen MR) is 75.8 cm³/mol. The van der Waals surface area contributed by atoms with E-state index in [0.29, 0.717) is 28.9 Å². The van der Waals surface area contributed by atoms with Gasteiger partial charge >= 0.3 is 0 Å². The largest absolute Gasteiger partial charge is 0.398 e. The van der Waals surface area contributed by atoms with Crippen molar-refractivity contribution in [2.45, 2.75) is 13.2 Å². The Hall–Kier alpha value is -1.22. The number of hydrogen-bond donors (Lipinski definition) is 1. The van der Waals surface area contributed by atoms with Gasteiger partial charge in [0.2, 0.25) is 0 Å². The van der Waals surface area contributed by atoms with Gasteiger partial charge in [0.1, 0.15) is 0 Å². The third-order valence-electron chi connectivity index (χ3n) is 2.52. The Kier molecular flexibility index (Phi) is 4.48. The van der Waals surface area contributed by atoms with Crippen molar-refractivity contribution in [3.8, 4) is 0 Å². The van der Waals surface area contributed by atoms with E-state index in [2.05, 4.69) is 0 Å². The summed E-state index contributed by atoms with van der Waals surface area (Å²) in [5, 5.41) is 1.34. The van der Waals surface area contributed by atoms with Gasteiger partial charge < -0.3 is 10.5 Å². The van der Waals surface area contributed by atoms with Gasteiger partial charge in [-0.05, 0) is 29.8 Å². The van der Waals surface area contributed by atoms with Crippen molar-refractivity contribution in [1.82, 2.24) is 0 Å². The van der Waals surface area contributed by atoms with Crippen LogP contribution in [0.5, 0.6) is 0 Å². The zero-order chi connectivity index (χ0) is 13.0. The standard InChI is InChI=1S/C14H13Cl2NO/c15-12-3-1-2-10(6-12)8-18-9-11-4-5-13(16)7-14(11)17/h1-7H,8-9,17H2. The molecule has 0 fully saturated rings. The molecule has 94 valence electrons. The number of hydrogen-bond acceptors (Lipinski definition) is 2. The van der Waals surface area contributed by atoms with Gasteiger partial charge in [-0.2, -0.15) is 0 Å². The number of ether oxygens (including phenoxy) is 1. The summed E-state index contributed by atoms with van der Waals surface area (Å²) in [6, 6.07) is 13.0. The summed E-state index contributed by atoms with van der Waals surface area (Å²) >= 11 is 11.7. The topological polar surface area (TPSA) is 35.2 Å². The molecule has 0 amide bonds. The third-order valence-corrected chi connectivity index (χ3v) is 2.99. The van der Waals surface area contributed by atoms with E-state index in [0.717, 1.165) is 11.1 Å². The van der Waals surface area contributed by atoms with Gasteiger partial charge in [0.05, 0.1) is 13.2 Å². The Balaban J connectivity index is 1.92. The summed E-state index contributed by atoms with van der Waals surface area (Å²) in [5.41, 5.74) is 8.46. The van der Waals surface area contributed by atoms with Crippen LogP contribution in [0, 0.1) is 0 Å². The van der Waals surface area contributed by atoms with Crippen LogP contribution in [0.4, 0.5) is 5.69 Å². The lowest BCUT2D eigenvalue weighted by molar-refractivity contribution is 0.107. The fraction of sp³-hybridized carbons (Fsp3) is 0.143. The number of nitrogens with two attached hydrogens (primary N) is 1. The molecule has 2 aromatic carbocycles. The van der Waals surface area contributed by atoms with Gasteiger partial charge in [-0.3, -0.25) is 0 Å². The first-order valence-electron chi connectivity index (χ1n) is 5.51. The van der Waals surface area contributed by atoms with Crippen LogP contribution in [-0.2, 0) is 18.0 Å². The SMILES string of the molecule is Nc1cc(Cl)ccc1COCc1cccc(Cl)c1. The second kappa shape index (κ2) is 6.10. The van der Waals surface area contributed by atoms with Gasteiger partial charge in [0.25, 0.3) is 0 Å². The lowest BCUT2D eigenvalue weighted by Crippen LogP contribution is -1.98. The molecule has 0 aliphatic rings. The second-order valence-corrected chi connectivity index (χ2v) is 4.84. The average Bonchev–Trinajstić information content (AvgIpc) is 2.32. The Labute approximate surface area is 116 Å². The van der Waals surface area contributed by atoms with Crippen LogP contribution in [0.3, 0.4) is 0 Å². The number of anilines is 1. The molecule has 0 saturated heterocycles. The van der Waals surface area contributed by atoms with E-state index >= 15 is 0 Å². The molecule has 0 saturated carbocycles. The van der Waals surface area contributed by atoms with Crippen LogP contribution in [0.1, 0.15) is 11.1 Å². The van der Waals surface area contributed by atoms with Crippen LogP contribution in [0.25, 0.3) is 0 Å². The molecule has 2 nitrogen and oxygen atoms in total. The minimum atomic E-state index is 0.454. The first-order chi connectivity index (χ1) is 8.65. The summed E-state index contributed by atoms with van der Waals surface area (Å²) < 4.78 is 5.60. The van der Waals surface area contributed by atoms with Crippen molar-refractivity contribution in [2.24, 2.45) is 0 Å². The van der Waals surface area contributed by atoms with E-state index in [1.807, 2.05) is 30.3 Å². The maximum absolute atomic E-state index is 5.89. The average molecular weight is 282 g/mol. The Morgan fingerprint density at radius 2 is 1.72 bits per heavy atom. The molecule has 2 aromatic rings. The van der Waals surface area contributed by atoms with Crippen molar-refractivity contribution in [3.05, 3.63) is 63.6 Å². The number of halogens is 2. The first-order valence-corrected chi connectivity index (χ1v) is 6.27. The molecule has 4 heteroatoms. The highest BCUT2D eigenvalue weighted by Gasteiger charge is 2.01. The van der Waals surface area contributed by atoms with Gasteiger partial charge in [0, 0.05) is 21.3 Å². The molecule has 0 spiro atoms. The highest BCUT2D eigenvalue weighted by Crippen LogP contribution is 2.19. The van der Waals surface area contributed by atoms with E-state index in [4.69, 9.17) is 33.7 Å². The summed E-state index contributed by atoms with van der Waals surface area (Å²) in [5.74, 6) is 0. The fourth-order valence-electron chi connectivity index (χ4n) is 1.60. The molecule has 0 aliphatic heterocycles. The highest BCUT2D eigenvalue weighted by atomic mass is 35.5. The normalized spacial score (nSPS) is 10.6. The zero-order valence-electron chi connectivity index (χ0n) is 9.70. The molecule has 0 aliphatic carbocycles. The number of nitrogen functional groups attached to an aromatic ring is 1. The zero-order valence-corrected chi connectivity index (χ0v) is 11.2. The van der Waals surface area contributed by atoms with Crippen LogP contribution in [-0.4, -0.2) is 0 Å².